The Kier molecular flexibility index (Phi) is 6.38. The van der Waals surface area contributed by atoms with Gasteiger partial charge in [-0.05, 0) is 54.7 Å². The minimum Gasteiger partial charge on any atom is -0.497 e. The Hall–Kier alpha value is -2.60. The molecule has 0 aromatic heterocycles. The van der Waals surface area contributed by atoms with Crippen molar-refractivity contribution in [2.75, 3.05) is 20.8 Å². The molecule has 0 radical (unpaired) electrons. The first kappa shape index (κ1) is 16.8. The standard InChI is InChI=1S/C20H22O3/c1-4-13-23-20-15-17(11-12-19(20)22-3)8-5-7-16-9-6-10-18(14-16)21-2/h1,6,9-12,14-15H,5,7-8,13H2,2-3H3. The second-order valence-electron chi connectivity index (χ2n) is 5.18. The van der Waals surface area contributed by atoms with Crippen molar-refractivity contribution >= 4 is 0 Å². The summed E-state index contributed by atoms with van der Waals surface area (Å²) >= 11 is 0. The monoisotopic (exact) mass is 310 g/mol. The molecule has 0 aliphatic heterocycles. The van der Waals surface area contributed by atoms with E-state index in [0.717, 1.165) is 25.0 Å². The van der Waals surface area contributed by atoms with Gasteiger partial charge < -0.3 is 14.2 Å². The Labute approximate surface area is 138 Å². The molecule has 2 aromatic rings. The highest BCUT2D eigenvalue weighted by molar-refractivity contribution is 5.43. The summed E-state index contributed by atoms with van der Waals surface area (Å²) in [5.41, 5.74) is 2.49. The van der Waals surface area contributed by atoms with Crippen molar-refractivity contribution in [3.8, 4) is 29.6 Å². The molecular weight excluding hydrogens is 288 g/mol. The van der Waals surface area contributed by atoms with E-state index in [1.54, 1.807) is 14.2 Å². The smallest absolute Gasteiger partial charge is 0.162 e. The van der Waals surface area contributed by atoms with Crippen LogP contribution in [0, 0.1) is 12.3 Å². The van der Waals surface area contributed by atoms with Gasteiger partial charge >= 0.3 is 0 Å². The minimum atomic E-state index is 0.240. The number of methoxy groups -OCH3 is 2. The third-order valence-corrected chi connectivity index (χ3v) is 3.60. The molecule has 0 aliphatic rings. The zero-order valence-corrected chi connectivity index (χ0v) is 13.7. The maximum Gasteiger partial charge on any atom is 0.162 e. The van der Waals surface area contributed by atoms with E-state index in [2.05, 4.69) is 24.1 Å². The van der Waals surface area contributed by atoms with Crippen molar-refractivity contribution in [2.24, 2.45) is 0 Å². The van der Waals surface area contributed by atoms with Crippen LogP contribution in [0.25, 0.3) is 0 Å². The highest BCUT2D eigenvalue weighted by Gasteiger charge is 2.06. The molecule has 0 saturated carbocycles. The Bertz CT molecular complexity index is 671. The molecule has 0 saturated heterocycles. The average molecular weight is 310 g/mol. The lowest BCUT2D eigenvalue weighted by Crippen LogP contribution is -1.98. The summed E-state index contributed by atoms with van der Waals surface area (Å²) in [6.45, 7) is 0.240. The van der Waals surface area contributed by atoms with Crippen LogP contribution in [-0.2, 0) is 12.8 Å². The van der Waals surface area contributed by atoms with Gasteiger partial charge in [0.1, 0.15) is 12.4 Å². The number of hydrogen-bond acceptors (Lipinski definition) is 3. The summed E-state index contributed by atoms with van der Waals surface area (Å²) in [7, 11) is 3.31. The SMILES string of the molecule is C#CCOc1cc(CCCc2cccc(OC)c2)ccc1OC. The van der Waals surface area contributed by atoms with E-state index in [4.69, 9.17) is 20.6 Å². The van der Waals surface area contributed by atoms with Gasteiger partial charge in [-0.1, -0.05) is 24.1 Å². The summed E-state index contributed by atoms with van der Waals surface area (Å²) in [6.07, 6.45) is 8.27. The molecular formula is C20H22O3. The third kappa shape index (κ3) is 4.96. The molecule has 2 aromatic carbocycles. The molecule has 0 unspecified atom stereocenters. The van der Waals surface area contributed by atoms with Crippen LogP contribution in [0.4, 0.5) is 0 Å². The summed E-state index contributed by atoms with van der Waals surface area (Å²) in [4.78, 5) is 0. The molecule has 0 atom stereocenters. The number of benzene rings is 2. The van der Waals surface area contributed by atoms with Crippen LogP contribution in [-0.4, -0.2) is 20.8 Å². The lowest BCUT2D eigenvalue weighted by molar-refractivity contribution is 0.330. The number of ether oxygens (including phenoxy) is 3. The van der Waals surface area contributed by atoms with Crippen molar-refractivity contribution < 1.29 is 14.2 Å². The van der Waals surface area contributed by atoms with Crippen LogP contribution in [0.15, 0.2) is 42.5 Å². The highest BCUT2D eigenvalue weighted by atomic mass is 16.5. The summed E-state index contributed by atoms with van der Waals surface area (Å²) in [5, 5.41) is 0. The van der Waals surface area contributed by atoms with Gasteiger partial charge in [-0.25, -0.2) is 0 Å². The topological polar surface area (TPSA) is 27.7 Å². The highest BCUT2D eigenvalue weighted by Crippen LogP contribution is 2.28. The molecule has 0 heterocycles. The third-order valence-electron chi connectivity index (χ3n) is 3.60. The van der Waals surface area contributed by atoms with Gasteiger partial charge in [-0.15, -0.1) is 6.42 Å². The zero-order chi connectivity index (χ0) is 16.5. The molecule has 0 fully saturated rings. The first-order valence-corrected chi connectivity index (χ1v) is 7.63. The predicted molar refractivity (Wildman–Crippen MR) is 92.3 cm³/mol. The lowest BCUT2D eigenvalue weighted by atomic mass is 10.0. The molecule has 23 heavy (non-hydrogen) atoms. The molecule has 0 bridgehead atoms. The van der Waals surface area contributed by atoms with E-state index in [0.29, 0.717) is 11.5 Å². The van der Waals surface area contributed by atoms with Gasteiger partial charge in [0.2, 0.25) is 0 Å². The van der Waals surface area contributed by atoms with Gasteiger partial charge in [0.25, 0.3) is 0 Å². The molecule has 0 spiro atoms. The van der Waals surface area contributed by atoms with Crippen LogP contribution >= 0.6 is 0 Å². The van der Waals surface area contributed by atoms with Gasteiger partial charge in [0.15, 0.2) is 11.5 Å². The van der Waals surface area contributed by atoms with Crippen molar-refractivity contribution in [1.82, 2.24) is 0 Å². The summed E-state index contributed by atoms with van der Waals surface area (Å²) < 4.78 is 16.1. The number of rotatable bonds is 8. The average Bonchev–Trinajstić information content (AvgIpc) is 2.60. The fraction of sp³-hybridized carbons (Fsp3) is 0.300. The van der Waals surface area contributed by atoms with Crippen LogP contribution < -0.4 is 14.2 Å². The number of hydrogen-bond donors (Lipinski definition) is 0. The van der Waals surface area contributed by atoms with Crippen LogP contribution in [0.3, 0.4) is 0 Å². The maximum atomic E-state index is 5.54. The van der Waals surface area contributed by atoms with Crippen LogP contribution in [0.1, 0.15) is 17.5 Å². The number of aryl methyl sites for hydroxylation is 2. The fourth-order valence-corrected chi connectivity index (χ4v) is 2.43. The zero-order valence-electron chi connectivity index (χ0n) is 13.7. The minimum absolute atomic E-state index is 0.240. The Morgan fingerprint density at radius 3 is 2.39 bits per heavy atom. The van der Waals surface area contributed by atoms with Gasteiger partial charge in [-0.2, -0.15) is 0 Å². The fourth-order valence-electron chi connectivity index (χ4n) is 2.43. The molecule has 0 aliphatic carbocycles. The Morgan fingerprint density at radius 2 is 1.70 bits per heavy atom. The summed E-state index contributed by atoms with van der Waals surface area (Å²) in [5.74, 6) is 4.78. The van der Waals surface area contributed by atoms with Gasteiger partial charge in [-0.3, -0.25) is 0 Å². The largest absolute Gasteiger partial charge is 0.497 e. The number of terminal acetylenes is 1. The van der Waals surface area contributed by atoms with Gasteiger partial charge in [0, 0.05) is 0 Å². The molecule has 0 N–H and O–H groups in total. The van der Waals surface area contributed by atoms with Gasteiger partial charge in [0.05, 0.1) is 14.2 Å². The quantitative estimate of drug-likeness (QED) is 0.692. The van der Waals surface area contributed by atoms with Crippen molar-refractivity contribution in [3.63, 3.8) is 0 Å². The molecule has 120 valence electrons. The van der Waals surface area contributed by atoms with Crippen LogP contribution in [0.2, 0.25) is 0 Å². The predicted octanol–water partition coefficient (Wildman–Crippen LogP) is 3.89. The normalized spacial score (nSPS) is 9.96. The van der Waals surface area contributed by atoms with Crippen molar-refractivity contribution in [3.05, 3.63) is 53.6 Å². The van der Waals surface area contributed by atoms with E-state index >= 15 is 0 Å². The van der Waals surface area contributed by atoms with E-state index < -0.39 is 0 Å². The first-order valence-electron chi connectivity index (χ1n) is 7.63. The second-order valence-corrected chi connectivity index (χ2v) is 5.18. The van der Waals surface area contributed by atoms with Crippen molar-refractivity contribution in [1.29, 1.82) is 0 Å². The second kappa shape index (κ2) is 8.75. The maximum absolute atomic E-state index is 5.54. The van der Waals surface area contributed by atoms with E-state index in [1.807, 2.05) is 24.3 Å². The van der Waals surface area contributed by atoms with Crippen LogP contribution in [0.5, 0.6) is 17.2 Å². The van der Waals surface area contributed by atoms with Crippen molar-refractivity contribution in [2.45, 2.75) is 19.3 Å². The Morgan fingerprint density at radius 1 is 0.913 bits per heavy atom. The van der Waals surface area contributed by atoms with E-state index in [-0.39, 0.29) is 6.61 Å². The van der Waals surface area contributed by atoms with E-state index in [9.17, 15) is 0 Å². The molecule has 3 nitrogen and oxygen atoms in total. The summed E-state index contributed by atoms with van der Waals surface area (Å²) in [6, 6.07) is 14.2. The first-order chi connectivity index (χ1) is 11.3. The molecule has 0 amide bonds. The molecule has 2 rings (SSSR count). The molecule has 3 heteroatoms. The van der Waals surface area contributed by atoms with E-state index in [1.165, 1.54) is 11.1 Å². The Balaban J connectivity index is 1.96. The lowest BCUT2D eigenvalue weighted by Gasteiger charge is -2.11.